The second kappa shape index (κ2) is 3.94. The van der Waals surface area contributed by atoms with Gasteiger partial charge in [0.05, 0.1) is 0 Å². The number of halogens is 1. The molecule has 0 aliphatic rings. The first kappa shape index (κ1) is 9.58. The van der Waals surface area contributed by atoms with Crippen LogP contribution in [0.1, 0.15) is 15.9 Å². The lowest BCUT2D eigenvalue weighted by atomic mass is 10.1. The first-order chi connectivity index (χ1) is 6.15. The van der Waals surface area contributed by atoms with Gasteiger partial charge in [0.15, 0.2) is 6.29 Å². The molecular formula is C10H9FO2. The zero-order valence-electron chi connectivity index (χ0n) is 7.16. The Hall–Kier alpha value is -1.51. The maximum atomic E-state index is 12.6. The van der Waals surface area contributed by atoms with Crippen molar-refractivity contribution in [1.82, 2.24) is 0 Å². The van der Waals surface area contributed by atoms with Gasteiger partial charge >= 0.3 is 0 Å². The van der Waals surface area contributed by atoms with E-state index in [9.17, 15) is 14.0 Å². The Morgan fingerprint density at radius 2 is 1.92 bits per heavy atom. The monoisotopic (exact) mass is 180 g/mol. The summed E-state index contributed by atoms with van der Waals surface area (Å²) in [7, 11) is 0. The average Bonchev–Trinajstić information content (AvgIpc) is 2.17. The van der Waals surface area contributed by atoms with Crippen molar-refractivity contribution >= 4 is 12.1 Å². The summed E-state index contributed by atoms with van der Waals surface area (Å²) in [6.07, 6.45) is -2.04. The Balaban J connectivity index is 2.89. The van der Waals surface area contributed by atoms with E-state index in [0.717, 1.165) is 5.56 Å². The molecule has 0 fully saturated rings. The van der Waals surface area contributed by atoms with E-state index in [-0.39, 0.29) is 11.8 Å². The molecule has 1 rings (SSSR count). The zero-order chi connectivity index (χ0) is 9.84. The first-order valence-corrected chi connectivity index (χ1v) is 3.85. The minimum atomic E-state index is -2.04. The minimum Gasteiger partial charge on any atom is -0.300 e. The zero-order valence-corrected chi connectivity index (χ0v) is 7.16. The smallest absolute Gasteiger partial charge is 0.217 e. The maximum Gasteiger partial charge on any atom is 0.217 e. The van der Waals surface area contributed by atoms with E-state index in [1.165, 1.54) is 12.1 Å². The maximum absolute atomic E-state index is 12.6. The molecule has 0 aromatic heterocycles. The molecule has 0 N–H and O–H groups in total. The summed E-state index contributed by atoms with van der Waals surface area (Å²) in [5.41, 5.74) is 1.21. The predicted molar refractivity (Wildman–Crippen MR) is 46.5 cm³/mol. The number of ketones is 1. The summed E-state index contributed by atoms with van der Waals surface area (Å²) in [6, 6.07) is 6.41. The average molecular weight is 180 g/mol. The van der Waals surface area contributed by atoms with E-state index >= 15 is 0 Å². The number of Topliss-reactive ketones (excluding diaryl/α,β-unsaturated/α-hetero) is 1. The quantitative estimate of drug-likeness (QED) is 0.403. The molecule has 1 aromatic rings. The second-order valence-electron chi connectivity index (χ2n) is 2.77. The third-order valence-electron chi connectivity index (χ3n) is 1.71. The fraction of sp³-hybridized carbons (Fsp3) is 0.200. The second-order valence-corrected chi connectivity index (χ2v) is 2.77. The van der Waals surface area contributed by atoms with Crippen LogP contribution < -0.4 is 0 Å². The lowest BCUT2D eigenvalue weighted by Crippen LogP contribution is -2.16. The van der Waals surface area contributed by atoms with Crippen LogP contribution in [0.4, 0.5) is 4.39 Å². The SMILES string of the molecule is Cc1ccc(C(=O)C(F)C=O)cc1. The summed E-state index contributed by atoms with van der Waals surface area (Å²) >= 11 is 0. The van der Waals surface area contributed by atoms with Gasteiger partial charge in [-0.2, -0.15) is 0 Å². The molecule has 0 aliphatic carbocycles. The van der Waals surface area contributed by atoms with E-state index in [1.807, 2.05) is 6.92 Å². The molecule has 0 saturated heterocycles. The normalized spacial score (nSPS) is 12.2. The van der Waals surface area contributed by atoms with Crippen LogP contribution in [0.5, 0.6) is 0 Å². The van der Waals surface area contributed by atoms with E-state index in [1.54, 1.807) is 12.1 Å². The fourth-order valence-corrected chi connectivity index (χ4v) is 0.939. The van der Waals surface area contributed by atoms with Crippen LogP contribution in [-0.4, -0.2) is 18.2 Å². The highest BCUT2D eigenvalue weighted by molar-refractivity contribution is 6.07. The number of aldehydes is 1. The molecule has 0 spiro atoms. The molecule has 2 nitrogen and oxygen atoms in total. The highest BCUT2D eigenvalue weighted by Gasteiger charge is 2.17. The molecule has 0 aliphatic heterocycles. The van der Waals surface area contributed by atoms with Crippen molar-refractivity contribution in [2.45, 2.75) is 13.1 Å². The van der Waals surface area contributed by atoms with Gasteiger partial charge in [-0.15, -0.1) is 0 Å². The summed E-state index contributed by atoms with van der Waals surface area (Å²) < 4.78 is 12.6. The number of alkyl halides is 1. The van der Waals surface area contributed by atoms with Gasteiger partial charge in [-0.25, -0.2) is 4.39 Å². The van der Waals surface area contributed by atoms with Crippen LogP contribution in [0.15, 0.2) is 24.3 Å². The van der Waals surface area contributed by atoms with Crippen molar-refractivity contribution in [3.63, 3.8) is 0 Å². The summed E-state index contributed by atoms with van der Waals surface area (Å²) in [5, 5.41) is 0. The lowest BCUT2D eigenvalue weighted by Gasteiger charge is -2.00. The Morgan fingerprint density at radius 1 is 1.38 bits per heavy atom. The Morgan fingerprint density at radius 3 is 2.38 bits per heavy atom. The largest absolute Gasteiger partial charge is 0.300 e. The molecule has 1 unspecified atom stereocenters. The van der Waals surface area contributed by atoms with Crippen molar-refractivity contribution in [3.05, 3.63) is 35.4 Å². The van der Waals surface area contributed by atoms with Crippen LogP contribution in [-0.2, 0) is 4.79 Å². The molecule has 0 radical (unpaired) electrons. The number of rotatable bonds is 3. The van der Waals surface area contributed by atoms with Crippen LogP contribution >= 0.6 is 0 Å². The molecular weight excluding hydrogens is 171 g/mol. The van der Waals surface area contributed by atoms with E-state index in [0.29, 0.717) is 0 Å². The summed E-state index contributed by atoms with van der Waals surface area (Å²) in [4.78, 5) is 21.1. The van der Waals surface area contributed by atoms with E-state index in [2.05, 4.69) is 0 Å². The molecule has 0 amide bonds. The Kier molecular flexibility index (Phi) is 2.90. The van der Waals surface area contributed by atoms with Gasteiger partial charge in [-0.1, -0.05) is 29.8 Å². The molecule has 1 atom stereocenters. The third kappa shape index (κ3) is 2.21. The molecule has 3 heteroatoms. The highest BCUT2D eigenvalue weighted by Crippen LogP contribution is 2.07. The highest BCUT2D eigenvalue weighted by atomic mass is 19.1. The summed E-state index contributed by atoms with van der Waals surface area (Å²) in [5.74, 6) is -0.782. The van der Waals surface area contributed by atoms with Gasteiger partial charge < -0.3 is 0 Å². The molecule has 13 heavy (non-hydrogen) atoms. The molecule has 68 valence electrons. The number of benzene rings is 1. The van der Waals surface area contributed by atoms with Crippen molar-refractivity contribution in [1.29, 1.82) is 0 Å². The van der Waals surface area contributed by atoms with Crippen molar-refractivity contribution < 1.29 is 14.0 Å². The van der Waals surface area contributed by atoms with Gasteiger partial charge in [0.2, 0.25) is 12.0 Å². The van der Waals surface area contributed by atoms with Gasteiger partial charge in [0.25, 0.3) is 0 Å². The molecule has 1 aromatic carbocycles. The van der Waals surface area contributed by atoms with Gasteiger partial charge in [-0.3, -0.25) is 9.59 Å². The van der Waals surface area contributed by atoms with Crippen LogP contribution in [0, 0.1) is 6.92 Å². The van der Waals surface area contributed by atoms with E-state index < -0.39 is 12.0 Å². The minimum absolute atomic E-state index is 0.00217. The Bertz CT molecular complexity index is 316. The van der Waals surface area contributed by atoms with Crippen molar-refractivity contribution in [2.24, 2.45) is 0 Å². The standard InChI is InChI=1S/C10H9FO2/c1-7-2-4-8(5-3-7)10(13)9(11)6-12/h2-6,9H,1H3. The lowest BCUT2D eigenvalue weighted by molar-refractivity contribution is -0.110. The van der Waals surface area contributed by atoms with Crippen molar-refractivity contribution in [3.8, 4) is 0 Å². The van der Waals surface area contributed by atoms with Crippen LogP contribution in [0.2, 0.25) is 0 Å². The summed E-state index contributed by atoms with van der Waals surface area (Å²) in [6.45, 7) is 1.86. The van der Waals surface area contributed by atoms with Gasteiger partial charge in [-0.05, 0) is 6.92 Å². The molecule has 0 bridgehead atoms. The number of hydrogen-bond donors (Lipinski definition) is 0. The van der Waals surface area contributed by atoms with Crippen molar-refractivity contribution in [2.75, 3.05) is 0 Å². The molecule has 0 saturated carbocycles. The Labute approximate surface area is 75.4 Å². The first-order valence-electron chi connectivity index (χ1n) is 3.85. The van der Waals surface area contributed by atoms with Crippen LogP contribution in [0.25, 0.3) is 0 Å². The third-order valence-corrected chi connectivity index (χ3v) is 1.71. The topological polar surface area (TPSA) is 34.1 Å². The van der Waals surface area contributed by atoms with Gasteiger partial charge in [0, 0.05) is 5.56 Å². The number of aryl methyl sites for hydroxylation is 1. The molecule has 0 heterocycles. The van der Waals surface area contributed by atoms with E-state index in [4.69, 9.17) is 0 Å². The predicted octanol–water partition coefficient (Wildman–Crippen LogP) is 1.71. The number of carbonyl (C=O) groups is 2. The number of carbonyl (C=O) groups excluding carboxylic acids is 2. The van der Waals surface area contributed by atoms with Gasteiger partial charge in [0.1, 0.15) is 0 Å². The van der Waals surface area contributed by atoms with Crippen LogP contribution in [0.3, 0.4) is 0 Å². The fourth-order valence-electron chi connectivity index (χ4n) is 0.939. The number of hydrogen-bond acceptors (Lipinski definition) is 2.